The van der Waals surface area contributed by atoms with Crippen LogP contribution in [-0.4, -0.2) is 30.9 Å². The van der Waals surface area contributed by atoms with Crippen LogP contribution in [0.1, 0.15) is 72.4 Å². The highest BCUT2D eigenvalue weighted by Crippen LogP contribution is 2.35. The number of carbonyl (C=O) groups is 3. The van der Waals surface area contributed by atoms with Gasteiger partial charge in [-0.2, -0.15) is 0 Å². The molecule has 0 unspecified atom stereocenters. The summed E-state index contributed by atoms with van der Waals surface area (Å²) in [6.07, 6.45) is -0.104. The van der Waals surface area contributed by atoms with Gasteiger partial charge in [0.05, 0.1) is 6.61 Å². The molecule has 2 rings (SSSR count). The summed E-state index contributed by atoms with van der Waals surface area (Å²) in [4.78, 5) is 36.4. The average Bonchev–Trinajstić information content (AvgIpc) is 2.80. The molecule has 0 radical (unpaired) electrons. The van der Waals surface area contributed by atoms with Crippen molar-refractivity contribution in [2.24, 2.45) is 0 Å². The van der Waals surface area contributed by atoms with E-state index in [0.717, 1.165) is 5.56 Å². The van der Waals surface area contributed by atoms with Crippen LogP contribution in [0.4, 0.5) is 5.69 Å². The second-order valence-corrected chi connectivity index (χ2v) is 10.6. The highest BCUT2D eigenvalue weighted by molar-refractivity contribution is 5.93. The number of ether oxygens (including phenoxy) is 2. The number of hydrogen-bond donors (Lipinski definition) is 3. The number of anilines is 1. The molecule has 0 saturated heterocycles. The molecular weight excluding hydrogens is 458 g/mol. The Hall–Kier alpha value is -3.55. The Bertz CT molecular complexity index is 1050. The molecule has 36 heavy (non-hydrogen) atoms. The second kappa shape index (κ2) is 12.4. The summed E-state index contributed by atoms with van der Waals surface area (Å²) >= 11 is 0. The Morgan fingerprint density at radius 3 is 1.94 bits per heavy atom. The molecule has 0 spiro atoms. The maximum atomic E-state index is 12.2. The molecule has 0 aliphatic carbocycles. The summed E-state index contributed by atoms with van der Waals surface area (Å²) in [7, 11) is 0. The van der Waals surface area contributed by atoms with Gasteiger partial charge in [0, 0.05) is 18.5 Å². The van der Waals surface area contributed by atoms with E-state index in [1.54, 1.807) is 24.3 Å². The third-order valence-electron chi connectivity index (χ3n) is 5.38. The van der Waals surface area contributed by atoms with E-state index in [0.29, 0.717) is 23.8 Å². The van der Waals surface area contributed by atoms with E-state index in [4.69, 9.17) is 9.47 Å². The van der Waals surface area contributed by atoms with Gasteiger partial charge in [0.1, 0.15) is 11.5 Å². The van der Waals surface area contributed by atoms with Gasteiger partial charge in [0.15, 0.2) is 6.61 Å². The fourth-order valence-electron chi connectivity index (χ4n) is 3.34. The topological polar surface area (TPSA) is 106 Å². The summed E-state index contributed by atoms with van der Waals surface area (Å²) < 4.78 is 11.1. The van der Waals surface area contributed by atoms with Crippen molar-refractivity contribution in [3.8, 4) is 11.5 Å². The van der Waals surface area contributed by atoms with Gasteiger partial charge in [-0.05, 0) is 59.2 Å². The van der Waals surface area contributed by atoms with E-state index < -0.39 is 11.8 Å². The molecule has 0 saturated carbocycles. The van der Waals surface area contributed by atoms with E-state index in [2.05, 4.69) is 63.8 Å². The zero-order chi connectivity index (χ0) is 26.9. The zero-order valence-corrected chi connectivity index (χ0v) is 22.4. The number of hydrazine groups is 1. The SMILES string of the molecule is CCOc1ccc(NC(=O)CCC(=O)NNC(=O)COc2ccc(C(C)(C)C)cc2C(C)(C)C)cc1. The Kier molecular flexibility index (Phi) is 9.90. The molecule has 0 aliphatic rings. The third kappa shape index (κ3) is 9.24. The molecule has 2 aromatic carbocycles. The van der Waals surface area contributed by atoms with Crippen LogP contribution in [0, 0.1) is 0 Å². The highest BCUT2D eigenvalue weighted by Gasteiger charge is 2.23. The summed E-state index contributed by atoms with van der Waals surface area (Å²) in [5.74, 6) is 0.0588. The molecular formula is C28H39N3O5. The monoisotopic (exact) mass is 497 g/mol. The molecule has 0 heterocycles. The molecule has 0 atom stereocenters. The summed E-state index contributed by atoms with van der Waals surface area (Å²) in [6, 6.07) is 13.0. The van der Waals surface area contributed by atoms with Crippen molar-refractivity contribution in [1.29, 1.82) is 0 Å². The van der Waals surface area contributed by atoms with E-state index in [1.807, 2.05) is 19.1 Å². The Morgan fingerprint density at radius 2 is 1.36 bits per heavy atom. The van der Waals surface area contributed by atoms with Gasteiger partial charge in [0.2, 0.25) is 11.8 Å². The number of carbonyl (C=O) groups excluding carboxylic acids is 3. The number of nitrogens with one attached hydrogen (secondary N) is 3. The fraction of sp³-hybridized carbons (Fsp3) is 0.464. The maximum Gasteiger partial charge on any atom is 0.276 e. The number of benzene rings is 2. The molecule has 8 heteroatoms. The maximum absolute atomic E-state index is 12.2. The molecule has 196 valence electrons. The molecule has 0 aromatic heterocycles. The first-order chi connectivity index (χ1) is 16.8. The van der Waals surface area contributed by atoms with Crippen LogP contribution >= 0.6 is 0 Å². The normalized spacial score (nSPS) is 11.4. The molecule has 0 aliphatic heterocycles. The van der Waals surface area contributed by atoms with Crippen molar-refractivity contribution >= 4 is 23.4 Å². The largest absolute Gasteiger partial charge is 0.494 e. The van der Waals surface area contributed by atoms with E-state index in [9.17, 15) is 14.4 Å². The van der Waals surface area contributed by atoms with Crippen LogP contribution in [0.15, 0.2) is 42.5 Å². The summed E-state index contributed by atoms with van der Waals surface area (Å²) in [5, 5.41) is 2.72. The first-order valence-corrected chi connectivity index (χ1v) is 12.2. The van der Waals surface area contributed by atoms with Crippen molar-refractivity contribution in [3.05, 3.63) is 53.6 Å². The number of amides is 3. The van der Waals surface area contributed by atoms with Crippen LogP contribution in [0.3, 0.4) is 0 Å². The Morgan fingerprint density at radius 1 is 0.750 bits per heavy atom. The smallest absolute Gasteiger partial charge is 0.276 e. The molecule has 8 nitrogen and oxygen atoms in total. The van der Waals surface area contributed by atoms with Gasteiger partial charge in [-0.25, -0.2) is 0 Å². The van der Waals surface area contributed by atoms with Gasteiger partial charge in [-0.15, -0.1) is 0 Å². The van der Waals surface area contributed by atoms with E-state index in [1.165, 1.54) is 5.56 Å². The van der Waals surface area contributed by atoms with Crippen LogP contribution in [0.5, 0.6) is 11.5 Å². The zero-order valence-electron chi connectivity index (χ0n) is 22.4. The average molecular weight is 498 g/mol. The lowest BCUT2D eigenvalue weighted by molar-refractivity contribution is -0.130. The van der Waals surface area contributed by atoms with Crippen LogP contribution in [0.2, 0.25) is 0 Å². The lowest BCUT2D eigenvalue weighted by Gasteiger charge is -2.27. The van der Waals surface area contributed by atoms with Crippen LogP contribution < -0.4 is 25.6 Å². The van der Waals surface area contributed by atoms with Crippen molar-refractivity contribution in [2.75, 3.05) is 18.5 Å². The minimum atomic E-state index is -0.498. The summed E-state index contributed by atoms with van der Waals surface area (Å²) in [5.41, 5.74) is 7.26. The van der Waals surface area contributed by atoms with Crippen LogP contribution in [-0.2, 0) is 25.2 Å². The molecule has 0 bridgehead atoms. The highest BCUT2D eigenvalue weighted by atomic mass is 16.5. The van der Waals surface area contributed by atoms with Gasteiger partial charge >= 0.3 is 0 Å². The Labute approximate surface area is 214 Å². The molecule has 3 N–H and O–H groups in total. The lowest BCUT2D eigenvalue weighted by atomic mass is 9.80. The molecule has 3 amide bonds. The second-order valence-electron chi connectivity index (χ2n) is 10.6. The number of rotatable bonds is 9. The molecule has 0 fully saturated rings. The quantitative estimate of drug-likeness (QED) is 0.438. The lowest BCUT2D eigenvalue weighted by Crippen LogP contribution is -2.44. The first-order valence-electron chi connectivity index (χ1n) is 12.2. The van der Waals surface area contributed by atoms with Crippen molar-refractivity contribution in [1.82, 2.24) is 10.9 Å². The fourth-order valence-corrected chi connectivity index (χ4v) is 3.34. The van der Waals surface area contributed by atoms with Gasteiger partial charge < -0.3 is 14.8 Å². The molecule has 2 aromatic rings. The van der Waals surface area contributed by atoms with Crippen molar-refractivity contribution in [2.45, 2.75) is 72.1 Å². The van der Waals surface area contributed by atoms with Gasteiger partial charge in [-0.1, -0.05) is 53.7 Å². The van der Waals surface area contributed by atoms with Gasteiger partial charge in [0.25, 0.3) is 5.91 Å². The van der Waals surface area contributed by atoms with E-state index in [-0.39, 0.29) is 36.2 Å². The first kappa shape index (κ1) is 28.7. The summed E-state index contributed by atoms with van der Waals surface area (Å²) in [6.45, 7) is 14.9. The third-order valence-corrected chi connectivity index (χ3v) is 5.38. The van der Waals surface area contributed by atoms with Gasteiger partial charge in [-0.3, -0.25) is 25.2 Å². The minimum Gasteiger partial charge on any atom is -0.494 e. The van der Waals surface area contributed by atoms with Crippen LogP contribution in [0.25, 0.3) is 0 Å². The standard InChI is InChI=1S/C28H39N3O5/c1-8-35-21-12-10-20(11-13-21)29-24(32)15-16-25(33)30-31-26(34)18-36-23-14-9-19(27(2,3)4)17-22(23)28(5,6)7/h9-14,17H,8,15-16,18H2,1-7H3,(H,29,32)(H,30,33)(H,31,34). The Balaban J connectivity index is 1.79. The minimum absolute atomic E-state index is 0.00862. The van der Waals surface area contributed by atoms with E-state index >= 15 is 0 Å². The predicted molar refractivity (Wildman–Crippen MR) is 141 cm³/mol. The van der Waals surface area contributed by atoms with Crippen molar-refractivity contribution < 1.29 is 23.9 Å². The number of hydrogen-bond acceptors (Lipinski definition) is 5. The predicted octanol–water partition coefficient (Wildman–Crippen LogP) is 4.63. The van der Waals surface area contributed by atoms with Crippen molar-refractivity contribution in [3.63, 3.8) is 0 Å².